The summed E-state index contributed by atoms with van der Waals surface area (Å²) in [6, 6.07) is 14.9. The fourth-order valence-corrected chi connectivity index (χ4v) is 3.67. The highest BCUT2D eigenvalue weighted by Crippen LogP contribution is 2.23. The Labute approximate surface area is 203 Å². The molecule has 1 amide bonds. The highest BCUT2D eigenvalue weighted by atomic mass is 35.5. The number of nitrogens with zero attached hydrogens (tertiary/aromatic N) is 4. The average Bonchev–Trinajstić information content (AvgIpc) is 3.40. The summed E-state index contributed by atoms with van der Waals surface area (Å²) in [7, 11) is 1.64. The minimum absolute atomic E-state index is 0.172. The van der Waals surface area contributed by atoms with Gasteiger partial charge in [0.25, 0.3) is 5.91 Å². The molecule has 0 radical (unpaired) electrons. The van der Waals surface area contributed by atoms with Gasteiger partial charge in [-0.05, 0) is 68.3 Å². The summed E-state index contributed by atoms with van der Waals surface area (Å²) in [5, 5.41) is 12.6. The van der Waals surface area contributed by atoms with Crippen LogP contribution in [0.1, 0.15) is 33.0 Å². The van der Waals surface area contributed by atoms with E-state index < -0.39 is 0 Å². The fourth-order valence-electron chi connectivity index (χ4n) is 3.56. The molecule has 0 bridgehead atoms. The molecule has 0 aliphatic rings. The zero-order valence-corrected chi connectivity index (χ0v) is 20.3. The van der Waals surface area contributed by atoms with E-state index in [1.165, 1.54) is 0 Å². The predicted molar refractivity (Wildman–Crippen MR) is 131 cm³/mol. The molecule has 0 spiro atoms. The molecule has 4 aromatic rings. The number of nitrogens with one attached hydrogen (secondary N) is 1. The van der Waals surface area contributed by atoms with Crippen LogP contribution in [0, 0.1) is 20.8 Å². The minimum Gasteiger partial charge on any atom is -0.497 e. The van der Waals surface area contributed by atoms with Crippen molar-refractivity contribution in [3.63, 3.8) is 0 Å². The lowest BCUT2D eigenvalue weighted by Crippen LogP contribution is -2.15. The van der Waals surface area contributed by atoms with Crippen molar-refractivity contribution in [1.82, 2.24) is 19.6 Å². The van der Waals surface area contributed by atoms with Gasteiger partial charge in [0.2, 0.25) is 0 Å². The van der Waals surface area contributed by atoms with Gasteiger partial charge >= 0.3 is 0 Å². The first-order valence-electron chi connectivity index (χ1n) is 10.7. The fraction of sp³-hybridized carbons (Fsp3) is 0.240. The minimum atomic E-state index is -0.312. The molecule has 2 heterocycles. The second-order valence-corrected chi connectivity index (χ2v) is 8.34. The Kier molecular flexibility index (Phi) is 6.88. The van der Waals surface area contributed by atoms with Crippen molar-refractivity contribution in [1.29, 1.82) is 0 Å². The van der Waals surface area contributed by atoms with Crippen LogP contribution in [0.2, 0.25) is 5.02 Å². The Morgan fingerprint density at radius 3 is 2.65 bits per heavy atom. The maximum absolute atomic E-state index is 12.8. The average molecular weight is 480 g/mol. The molecule has 0 saturated carbocycles. The number of ether oxygens (including phenoxy) is 2. The van der Waals surface area contributed by atoms with Gasteiger partial charge in [0.15, 0.2) is 12.4 Å². The Morgan fingerprint density at radius 1 is 1.06 bits per heavy atom. The third-order valence-corrected chi connectivity index (χ3v) is 5.88. The molecule has 1 N–H and O–H groups in total. The number of rotatable bonds is 8. The summed E-state index contributed by atoms with van der Waals surface area (Å²) in [5.41, 5.74) is 4.53. The van der Waals surface area contributed by atoms with Gasteiger partial charge in [-0.1, -0.05) is 23.7 Å². The highest BCUT2D eigenvalue weighted by Gasteiger charge is 2.17. The first-order valence-corrected chi connectivity index (χ1v) is 11.1. The van der Waals surface area contributed by atoms with Crippen LogP contribution in [0.4, 0.5) is 5.69 Å². The number of hydrogen-bond donors (Lipinski definition) is 1. The van der Waals surface area contributed by atoms with E-state index in [-0.39, 0.29) is 18.3 Å². The van der Waals surface area contributed by atoms with Crippen LogP contribution in [-0.2, 0) is 13.3 Å². The van der Waals surface area contributed by atoms with E-state index in [1.807, 2.05) is 55.8 Å². The predicted octanol–water partition coefficient (Wildman–Crippen LogP) is 5.00. The first kappa shape index (κ1) is 23.4. The van der Waals surface area contributed by atoms with E-state index in [2.05, 4.69) is 15.5 Å². The van der Waals surface area contributed by atoms with Crippen LogP contribution in [0.5, 0.6) is 11.5 Å². The van der Waals surface area contributed by atoms with Gasteiger partial charge in [-0.2, -0.15) is 10.2 Å². The topological polar surface area (TPSA) is 83.2 Å². The van der Waals surface area contributed by atoms with Crippen molar-refractivity contribution >= 4 is 23.2 Å². The SMILES string of the molecule is COc1cccc(Cn2nc(C)c(NC(=O)c3ccn(COc4ccc(Cl)c(C)c4)n3)c2C)c1. The zero-order chi connectivity index (χ0) is 24.2. The summed E-state index contributed by atoms with van der Waals surface area (Å²) in [6.07, 6.45) is 1.70. The number of amides is 1. The first-order chi connectivity index (χ1) is 16.3. The highest BCUT2D eigenvalue weighted by molar-refractivity contribution is 6.31. The number of carbonyl (C=O) groups excluding carboxylic acids is 1. The molecule has 0 aliphatic heterocycles. The summed E-state index contributed by atoms with van der Waals surface area (Å²) in [5.74, 6) is 1.16. The van der Waals surface area contributed by atoms with E-state index in [4.69, 9.17) is 21.1 Å². The van der Waals surface area contributed by atoms with E-state index in [9.17, 15) is 4.79 Å². The van der Waals surface area contributed by atoms with Crippen molar-refractivity contribution < 1.29 is 14.3 Å². The van der Waals surface area contributed by atoms with E-state index in [0.29, 0.717) is 23.0 Å². The van der Waals surface area contributed by atoms with Crippen LogP contribution in [0.25, 0.3) is 0 Å². The molecular weight excluding hydrogens is 454 g/mol. The molecule has 176 valence electrons. The van der Waals surface area contributed by atoms with E-state index in [1.54, 1.807) is 36.2 Å². The van der Waals surface area contributed by atoms with Crippen molar-refractivity contribution in [2.24, 2.45) is 0 Å². The molecule has 2 aromatic carbocycles. The number of halogens is 1. The summed E-state index contributed by atoms with van der Waals surface area (Å²) < 4.78 is 14.5. The maximum Gasteiger partial charge on any atom is 0.276 e. The molecule has 34 heavy (non-hydrogen) atoms. The lowest BCUT2D eigenvalue weighted by atomic mass is 10.2. The third kappa shape index (κ3) is 5.23. The Hall–Kier alpha value is -3.78. The molecule has 0 aliphatic carbocycles. The second kappa shape index (κ2) is 10.0. The molecule has 8 nitrogen and oxygen atoms in total. The van der Waals surface area contributed by atoms with Gasteiger partial charge in [0, 0.05) is 11.2 Å². The third-order valence-electron chi connectivity index (χ3n) is 5.45. The monoisotopic (exact) mass is 479 g/mol. The van der Waals surface area contributed by atoms with Crippen molar-refractivity contribution in [3.05, 3.63) is 88.0 Å². The Morgan fingerprint density at radius 2 is 1.88 bits per heavy atom. The van der Waals surface area contributed by atoms with Crippen LogP contribution in [0.15, 0.2) is 54.7 Å². The number of benzene rings is 2. The van der Waals surface area contributed by atoms with E-state index in [0.717, 1.165) is 28.3 Å². The van der Waals surface area contributed by atoms with Gasteiger partial charge in [0.1, 0.15) is 11.5 Å². The van der Waals surface area contributed by atoms with Crippen molar-refractivity contribution in [2.75, 3.05) is 12.4 Å². The van der Waals surface area contributed by atoms with Crippen LogP contribution < -0.4 is 14.8 Å². The lowest BCUT2D eigenvalue weighted by molar-refractivity contribution is 0.102. The number of hydrogen-bond acceptors (Lipinski definition) is 5. The molecule has 4 rings (SSSR count). The van der Waals surface area contributed by atoms with Crippen LogP contribution in [-0.4, -0.2) is 32.6 Å². The molecule has 0 atom stereocenters. The number of anilines is 1. The quantitative estimate of drug-likeness (QED) is 0.384. The second-order valence-electron chi connectivity index (χ2n) is 7.93. The van der Waals surface area contributed by atoms with Gasteiger partial charge < -0.3 is 14.8 Å². The zero-order valence-electron chi connectivity index (χ0n) is 19.5. The Balaban J connectivity index is 1.41. The molecular formula is C25H26ClN5O3. The normalized spacial score (nSPS) is 10.9. The maximum atomic E-state index is 12.8. The smallest absolute Gasteiger partial charge is 0.276 e. The number of aryl methyl sites for hydroxylation is 2. The number of methoxy groups -OCH3 is 1. The molecule has 0 unspecified atom stereocenters. The van der Waals surface area contributed by atoms with Crippen molar-refractivity contribution in [2.45, 2.75) is 34.0 Å². The largest absolute Gasteiger partial charge is 0.497 e. The molecule has 2 aromatic heterocycles. The summed E-state index contributed by atoms with van der Waals surface area (Å²) in [4.78, 5) is 12.8. The number of aromatic nitrogens is 4. The van der Waals surface area contributed by atoms with Gasteiger partial charge in [-0.15, -0.1) is 0 Å². The lowest BCUT2D eigenvalue weighted by Gasteiger charge is -2.08. The van der Waals surface area contributed by atoms with Gasteiger partial charge in [-0.3, -0.25) is 9.48 Å². The van der Waals surface area contributed by atoms with Crippen LogP contribution >= 0.6 is 11.6 Å². The van der Waals surface area contributed by atoms with E-state index >= 15 is 0 Å². The molecule has 0 saturated heterocycles. The molecule has 0 fully saturated rings. The Bertz CT molecular complexity index is 1330. The van der Waals surface area contributed by atoms with Gasteiger partial charge in [0.05, 0.1) is 30.7 Å². The standard InChI is InChI=1S/C25H26ClN5O3/c1-16-12-21(8-9-22(16)26)34-15-30-11-10-23(29-30)25(32)27-24-17(2)28-31(18(24)3)14-19-6-5-7-20(13-19)33-4/h5-13H,14-15H2,1-4H3,(H,27,32). The number of carbonyl (C=O) groups is 1. The van der Waals surface area contributed by atoms with Crippen molar-refractivity contribution in [3.8, 4) is 11.5 Å². The summed E-state index contributed by atoms with van der Waals surface area (Å²) in [6.45, 7) is 6.44. The summed E-state index contributed by atoms with van der Waals surface area (Å²) >= 11 is 6.05. The molecule has 9 heteroatoms. The van der Waals surface area contributed by atoms with Gasteiger partial charge in [-0.25, -0.2) is 4.68 Å². The van der Waals surface area contributed by atoms with Crippen LogP contribution in [0.3, 0.4) is 0 Å².